The molecule has 25 heavy (non-hydrogen) atoms. The van der Waals surface area contributed by atoms with Crippen LogP contribution in [-0.4, -0.2) is 19.6 Å². The van der Waals surface area contributed by atoms with E-state index < -0.39 is 0 Å². The van der Waals surface area contributed by atoms with Crippen LogP contribution >= 0.6 is 0 Å². The summed E-state index contributed by atoms with van der Waals surface area (Å²) in [4.78, 5) is 12.2. The van der Waals surface area contributed by atoms with Crippen LogP contribution in [0, 0.1) is 11.8 Å². The van der Waals surface area contributed by atoms with Gasteiger partial charge >= 0.3 is 0 Å². The number of hydrogen-bond acceptors (Lipinski definition) is 2. The molecule has 0 aliphatic rings. The quantitative estimate of drug-likeness (QED) is 0.743. The summed E-state index contributed by atoms with van der Waals surface area (Å²) in [5, 5.41) is 5.10. The maximum Gasteiger partial charge on any atom is 0.225 e. The van der Waals surface area contributed by atoms with E-state index in [1.165, 1.54) is 0 Å². The Hall–Kier alpha value is -3.25. The number of para-hydroxylation sites is 1. The van der Waals surface area contributed by atoms with Crippen LogP contribution in [0.15, 0.2) is 66.7 Å². The van der Waals surface area contributed by atoms with Crippen molar-refractivity contribution in [3.63, 3.8) is 0 Å². The minimum atomic E-state index is -0.0364. The van der Waals surface area contributed by atoms with Crippen molar-refractivity contribution in [3.8, 4) is 17.6 Å². The lowest BCUT2D eigenvalue weighted by molar-refractivity contribution is -0.120. The molecule has 3 aromatic rings. The van der Waals surface area contributed by atoms with Gasteiger partial charge in [0.1, 0.15) is 5.75 Å². The molecule has 1 amide bonds. The molecule has 3 rings (SSSR count). The molecule has 0 aliphatic carbocycles. The molecule has 0 radical (unpaired) electrons. The van der Waals surface area contributed by atoms with E-state index in [1.807, 2.05) is 54.6 Å². The number of amides is 1. The number of fused-ring (bicyclic) bond motifs is 1. The number of benzene rings is 3. The number of nitrogens with one attached hydrogen (secondary N) is 1. The number of rotatable bonds is 4. The molecule has 0 saturated carbocycles. The van der Waals surface area contributed by atoms with Crippen LogP contribution in [0.5, 0.6) is 5.75 Å². The first-order valence-electron chi connectivity index (χ1n) is 8.13. The third-order valence-electron chi connectivity index (χ3n) is 3.93. The van der Waals surface area contributed by atoms with Crippen LogP contribution in [0.25, 0.3) is 10.8 Å². The molecule has 0 unspecified atom stereocenters. The Morgan fingerprint density at radius 1 is 1.00 bits per heavy atom. The van der Waals surface area contributed by atoms with Crippen LogP contribution in [-0.2, 0) is 11.2 Å². The fourth-order valence-corrected chi connectivity index (χ4v) is 2.71. The summed E-state index contributed by atoms with van der Waals surface area (Å²) < 4.78 is 5.25. The normalized spacial score (nSPS) is 9.96. The molecule has 124 valence electrons. The molecule has 3 nitrogen and oxygen atoms in total. The first-order chi connectivity index (χ1) is 12.3. The molecule has 0 heterocycles. The van der Waals surface area contributed by atoms with Gasteiger partial charge in [-0.25, -0.2) is 0 Å². The Balaban J connectivity index is 1.61. The van der Waals surface area contributed by atoms with Gasteiger partial charge in [-0.05, 0) is 28.5 Å². The summed E-state index contributed by atoms with van der Waals surface area (Å²) >= 11 is 0. The fourth-order valence-electron chi connectivity index (χ4n) is 2.71. The summed E-state index contributed by atoms with van der Waals surface area (Å²) in [6.45, 7) is 0.307. The summed E-state index contributed by atoms with van der Waals surface area (Å²) in [5.74, 6) is 6.69. The zero-order chi connectivity index (χ0) is 17.5. The molecule has 0 spiro atoms. The van der Waals surface area contributed by atoms with E-state index in [0.29, 0.717) is 13.0 Å². The third-order valence-corrected chi connectivity index (χ3v) is 3.93. The van der Waals surface area contributed by atoms with E-state index >= 15 is 0 Å². The van der Waals surface area contributed by atoms with Crippen LogP contribution in [0.1, 0.15) is 11.1 Å². The van der Waals surface area contributed by atoms with E-state index in [-0.39, 0.29) is 5.91 Å². The average Bonchev–Trinajstić information content (AvgIpc) is 2.66. The molecule has 0 aliphatic heterocycles. The predicted molar refractivity (Wildman–Crippen MR) is 101 cm³/mol. The molecular formula is C22H19NO2. The Morgan fingerprint density at radius 2 is 1.76 bits per heavy atom. The lowest BCUT2D eigenvalue weighted by atomic mass is 10.0. The van der Waals surface area contributed by atoms with Gasteiger partial charge in [0, 0.05) is 0 Å². The van der Waals surface area contributed by atoms with Gasteiger partial charge in [0.25, 0.3) is 0 Å². The van der Waals surface area contributed by atoms with Gasteiger partial charge < -0.3 is 10.1 Å². The van der Waals surface area contributed by atoms with E-state index in [1.54, 1.807) is 7.11 Å². The van der Waals surface area contributed by atoms with Crippen LogP contribution in [0.4, 0.5) is 0 Å². The Labute approximate surface area is 147 Å². The Bertz CT molecular complexity index is 945. The van der Waals surface area contributed by atoms with Crippen molar-refractivity contribution in [1.29, 1.82) is 0 Å². The summed E-state index contributed by atoms with van der Waals surface area (Å²) in [5.41, 5.74) is 1.83. The Kier molecular flexibility index (Phi) is 5.33. The standard InChI is InChI=1S/C22H19NO2/c1-25-21-14-5-3-9-18(21)12-7-15-23-22(24)16-19-11-6-10-17-8-2-4-13-20(17)19/h2-6,8-11,13-14H,15-16H2,1H3,(H,23,24). The molecule has 0 atom stereocenters. The van der Waals surface area contributed by atoms with Crippen molar-refractivity contribution < 1.29 is 9.53 Å². The highest BCUT2D eigenvalue weighted by Crippen LogP contribution is 2.18. The monoisotopic (exact) mass is 329 g/mol. The van der Waals surface area contributed by atoms with Gasteiger partial charge in [-0.15, -0.1) is 0 Å². The highest BCUT2D eigenvalue weighted by atomic mass is 16.5. The SMILES string of the molecule is COc1ccccc1C#CCNC(=O)Cc1cccc2ccccc12. The summed E-state index contributed by atoms with van der Waals surface area (Å²) in [6, 6.07) is 21.7. The third kappa shape index (κ3) is 4.19. The number of ether oxygens (including phenoxy) is 1. The van der Waals surface area contributed by atoms with E-state index in [0.717, 1.165) is 27.6 Å². The second-order valence-corrected chi connectivity index (χ2v) is 5.59. The molecule has 0 aromatic heterocycles. The highest BCUT2D eigenvalue weighted by Gasteiger charge is 2.05. The first kappa shape index (κ1) is 16.6. The summed E-state index contributed by atoms with van der Waals surface area (Å²) in [6.07, 6.45) is 0.345. The number of carbonyl (C=O) groups excluding carboxylic acids is 1. The van der Waals surface area contributed by atoms with E-state index in [9.17, 15) is 4.79 Å². The number of hydrogen-bond donors (Lipinski definition) is 1. The minimum Gasteiger partial charge on any atom is -0.495 e. The van der Waals surface area contributed by atoms with E-state index in [2.05, 4.69) is 29.3 Å². The van der Waals surface area contributed by atoms with Crippen LogP contribution in [0.3, 0.4) is 0 Å². The van der Waals surface area contributed by atoms with Gasteiger partial charge in [-0.2, -0.15) is 0 Å². The topological polar surface area (TPSA) is 38.3 Å². The maximum atomic E-state index is 12.2. The minimum absolute atomic E-state index is 0.0364. The molecule has 0 bridgehead atoms. The van der Waals surface area contributed by atoms with Crippen molar-refractivity contribution in [2.24, 2.45) is 0 Å². The largest absolute Gasteiger partial charge is 0.495 e. The lowest BCUT2D eigenvalue weighted by Gasteiger charge is -2.06. The Morgan fingerprint density at radius 3 is 2.64 bits per heavy atom. The van der Waals surface area contributed by atoms with Crippen LogP contribution < -0.4 is 10.1 Å². The van der Waals surface area contributed by atoms with Gasteiger partial charge in [-0.1, -0.05) is 66.4 Å². The smallest absolute Gasteiger partial charge is 0.225 e. The van der Waals surface area contributed by atoms with E-state index in [4.69, 9.17) is 4.74 Å². The van der Waals surface area contributed by atoms with Crippen LogP contribution in [0.2, 0.25) is 0 Å². The zero-order valence-electron chi connectivity index (χ0n) is 14.1. The molecule has 3 aromatic carbocycles. The zero-order valence-corrected chi connectivity index (χ0v) is 14.1. The lowest BCUT2D eigenvalue weighted by Crippen LogP contribution is -2.25. The second kappa shape index (κ2) is 8.03. The van der Waals surface area contributed by atoms with Gasteiger partial charge in [-0.3, -0.25) is 4.79 Å². The molecule has 0 saturated heterocycles. The number of carbonyl (C=O) groups is 1. The van der Waals surface area contributed by atoms with Gasteiger partial charge in [0.2, 0.25) is 5.91 Å². The highest BCUT2D eigenvalue weighted by molar-refractivity contribution is 5.90. The van der Waals surface area contributed by atoms with Crippen molar-refractivity contribution >= 4 is 16.7 Å². The van der Waals surface area contributed by atoms with Crippen molar-refractivity contribution in [2.75, 3.05) is 13.7 Å². The maximum absolute atomic E-state index is 12.2. The van der Waals surface area contributed by atoms with Crippen molar-refractivity contribution in [3.05, 3.63) is 77.9 Å². The van der Waals surface area contributed by atoms with Gasteiger partial charge in [0.15, 0.2) is 0 Å². The molecule has 1 N–H and O–H groups in total. The first-order valence-corrected chi connectivity index (χ1v) is 8.13. The summed E-state index contributed by atoms with van der Waals surface area (Å²) in [7, 11) is 1.62. The second-order valence-electron chi connectivity index (χ2n) is 5.59. The molecule has 3 heteroatoms. The molecular weight excluding hydrogens is 310 g/mol. The van der Waals surface area contributed by atoms with Crippen molar-refractivity contribution in [1.82, 2.24) is 5.32 Å². The fraction of sp³-hybridized carbons (Fsp3) is 0.136. The average molecular weight is 329 g/mol. The van der Waals surface area contributed by atoms with Gasteiger partial charge in [0.05, 0.1) is 25.6 Å². The van der Waals surface area contributed by atoms with Crippen molar-refractivity contribution in [2.45, 2.75) is 6.42 Å². The number of methoxy groups -OCH3 is 1. The molecule has 0 fully saturated rings. The predicted octanol–water partition coefficient (Wildman–Crippen LogP) is 3.56.